The highest BCUT2D eigenvalue weighted by atomic mass is 32.2. The predicted octanol–water partition coefficient (Wildman–Crippen LogP) is 2.87. The number of carbonyl (C=O) groups excluding carboxylic acids is 1. The molecule has 1 aliphatic rings. The molecule has 3 rings (SSSR count). The van der Waals surface area contributed by atoms with Crippen LogP contribution in [-0.2, 0) is 37.6 Å². The van der Waals surface area contributed by atoms with Crippen molar-refractivity contribution in [3.63, 3.8) is 0 Å². The molecule has 1 unspecified atom stereocenters. The lowest BCUT2D eigenvalue weighted by molar-refractivity contribution is -0.137. The molecule has 0 radical (unpaired) electrons. The highest BCUT2D eigenvalue weighted by Gasteiger charge is 2.33. The second kappa shape index (κ2) is 12.1. The summed E-state index contributed by atoms with van der Waals surface area (Å²) in [4.78, 5) is 15.5. The molecular weight excluding hydrogens is 557 g/mol. The summed E-state index contributed by atoms with van der Waals surface area (Å²) in [5.41, 5.74) is 0.280. The molecule has 0 aliphatic carbocycles. The van der Waals surface area contributed by atoms with Gasteiger partial charge in [-0.1, -0.05) is 18.7 Å². The molecule has 1 heterocycles. The molecule has 0 aromatic heterocycles. The number of halogens is 3. The average Bonchev–Trinajstić information content (AvgIpc) is 3.37. The van der Waals surface area contributed by atoms with Crippen LogP contribution in [0.3, 0.4) is 0 Å². The largest absolute Gasteiger partial charge is 0.416 e. The Bertz CT molecular complexity index is 1380. The summed E-state index contributed by atoms with van der Waals surface area (Å²) in [6.45, 7) is 3.76. The van der Waals surface area contributed by atoms with Crippen LogP contribution >= 0.6 is 0 Å². The number of likely N-dealkylation sites (N-methyl/N-ethyl adjacent to an activating group) is 1. The van der Waals surface area contributed by atoms with Gasteiger partial charge in [0.15, 0.2) is 0 Å². The van der Waals surface area contributed by atoms with E-state index in [0.29, 0.717) is 17.7 Å². The third-order valence-corrected chi connectivity index (χ3v) is 9.25. The number of hydrogen-bond acceptors (Lipinski definition) is 6. The summed E-state index contributed by atoms with van der Waals surface area (Å²) >= 11 is 0. The Kier molecular flexibility index (Phi) is 9.47. The van der Waals surface area contributed by atoms with Crippen molar-refractivity contribution < 1.29 is 34.8 Å². The summed E-state index contributed by atoms with van der Waals surface area (Å²) in [7, 11) is -4.29. The lowest BCUT2D eigenvalue weighted by Gasteiger charge is -2.26. The van der Waals surface area contributed by atoms with E-state index >= 15 is 0 Å². The Hall–Kier alpha value is -2.94. The molecular formula is C25H31F3N4O5S2. The summed E-state index contributed by atoms with van der Waals surface area (Å²) in [6, 6.07) is 10.6. The summed E-state index contributed by atoms with van der Waals surface area (Å²) in [5, 5.41) is 0.797. The number of benzene rings is 2. The van der Waals surface area contributed by atoms with Gasteiger partial charge in [0.2, 0.25) is 26.0 Å². The van der Waals surface area contributed by atoms with Crippen molar-refractivity contribution in [1.82, 2.24) is 13.9 Å². The number of carbonyl (C=O) groups is 1. The van der Waals surface area contributed by atoms with Gasteiger partial charge in [-0.3, -0.25) is 4.79 Å². The molecule has 1 N–H and O–H groups in total. The molecule has 214 valence electrons. The van der Waals surface area contributed by atoms with Gasteiger partial charge in [-0.15, -0.1) is 0 Å². The lowest BCUT2D eigenvalue weighted by atomic mass is 10.1. The number of alkyl halides is 3. The maximum atomic E-state index is 13.2. The molecule has 1 aliphatic heterocycles. The zero-order chi connectivity index (χ0) is 29.0. The molecule has 1 saturated heterocycles. The Labute approximate surface area is 227 Å². The first-order chi connectivity index (χ1) is 18.1. The number of nitrogens with one attached hydrogen (secondary N) is 1. The molecule has 0 spiro atoms. The number of anilines is 1. The molecule has 2 aromatic rings. The van der Waals surface area contributed by atoms with E-state index in [1.54, 1.807) is 31.1 Å². The molecule has 0 saturated carbocycles. The van der Waals surface area contributed by atoms with E-state index in [-0.39, 0.29) is 49.4 Å². The van der Waals surface area contributed by atoms with Crippen LogP contribution in [0.5, 0.6) is 0 Å². The van der Waals surface area contributed by atoms with Gasteiger partial charge in [-0.2, -0.15) is 17.5 Å². The number of rotatable bonds is 11. The topological polar surface area (TPSA) is 107 Å². The van der Waals surface area contributed by atoms with Crippen LogP contribution in [0.25, 0.3) is 0 Å². The number of nitrogens with zero attached hydrogens (tertiary/aromatic N) is 3. The first-order valence-corrected chi connectivity index (χ1v) is 14.9. The highest BCUT2D eigenvalue weighted by Crippen LogP contribution is 2.30. The van der Waals surface area contributed by atoms with Crippen LogP contribution in [-0.4, -0.2) is 72.2 Å². The third kappa shape index (κ3) is 8.03. The van der Waals surface area contributed by atoms with Crippen LogP contribution in [0.2, 0.25) is 0 Å². The second-order valence-corrected chi connectivity index (χ2v) is 13.1. The lowest BCUT2D eigenvalue weighted by Crippen LogP contribution is -2.36. The van der Waals surface area contributed by atoms with Crippen molar-refractivity contribution >= 4 is 31.6 Å². The van der Waals surface area contributed by atoms with Gasteiger partial charge in [0.1, 0.15) is 0 Å². The molecule has 14 heteroatoms. The first-order valence-electron chi connectivity index (χ1n) is 12.0. The monoisotopic (exact) mass is 588 g/mol. The number of sulfonamides is 2. The first kappa shape index (κ1) is 30.6. The normalized spacial score (nSPS) is 16.7. The van der Waals surface area contributed by atoms with Gasteiger partial charge in [0.05, 0.1) is 17.0 Å². The molecule has 0 bridgehead atoms. The maximum Gasteiger partial charge on any atom is 0.416 e. The predicted molar refractivity (Wildman–Crippen MR) is 142 cm³/mol. The Morgan fingerprint density at radius 1 is 1.08 bits per heavy atom. The standard InChI is InChI=1S/C25H31F3N4O5S2/c1-4-38(34,35)29-15-20-13-14-32(17-20)39(36,37)23-11-9-22(10-12-23)31(18-24(33)30(2)3)16-19-5-7-21(8-6-19)25(26,27)28/h4-12,20,29H,1,13-18H2,2-3H3. The Morgan fingerprint density at radius 2 is 1.69 bits per heavy atom. The summed E-state index contributed by atoms with van der Waals surface area (Å²) in [6.07, 6.45) is -3.97. The minimum atomic E-state index is -4.46. The van der Waals surface area contributed by atoms with Gasteiger partial charge in [-0.25, -0.2) is 21.6 Å². The third-order valence-electron chi connectivity index (χ3n) is 6.36. The van der Waals surface area contributed by atoms with Gasteiger partial charge in [0, 0.05) is 51.4 Å². The fourth-order valence-corrected chi connectivity index (χ4v) is 6.13. The van der Waals surface area contributed by atoms with E-state index in [2.05, 4.69) is 11.3 Å². The van der Waals surface area contributed by atoms with Crippen LogP contribution in [0.1, 0.15) is 17.5 Å². The minimum Gasteiger partial charge on any atom is -0.358 e. The van der Waals surface area contributed by atoms with Crippen molar-refractivity contribution in [3.05, 3.63) is 71.6 Å². The van der Waals surface area contributed by atoms with Gasteiger partial charge in [-0.05, 0) is 54.3 Å². The van der Waals surface area contributed by atoms with Gasteiger partial charge in [0.25, 0.3) is 0 Å². The average molecular weight is 589 g/mol. The molecule has 9 nitrogen and oxygen atoms in total. The number of amides is 1. The maximum absolute atomic E-state index is 13.2. The fraction of sp³-hybridized carbons (Fsp3) is 0.400. The molecule has 1 fully saturated rings. The van der Waals surface area contributed by atoms with Crippen molar-refractivity contribution in [2.75, 3.05) is 45.2 Å². The molecule has 1 atom stereocenters. The van der Waals surface area contributed by atoms with E-state index in [1.165, 1.54) is 33.5 Å². The second-order valence-electron chi connectivity index (χ2n) is 9.41. The van der Waals surface area contributed by atoms with Crippen LogP contribution in [0, 0.1) is 5.92 Å². The van der Waals surface area contributed by atoms with Crippen molar-refractivity contribution in [1.29, 1.82) is 0 Å². The highest BCUT2D eigenvalue weighted by molar-refractivity contribution is 7.92. The smallest absolute Gasteiger partial charge is 0.358 e. The van der Waals surface area contributed by atoms with E-state index < -0.39 is 31.8 Å². The molecule has 1 amide bonds. The minimum absolute atomic E-state index is 0.0342. The number of hydrogen-bond donors (Lipinski definition) is 1. The summed E-state index contributed by atoms with van der Waals surface area (Å²) < 4.78 is 92.0. The zero-order valence-electron chi connectivity index (χ0n) is 21.6. The van der Waals surface area contributed by atoms with Crippen molar-refractivity contribution in [3.8, 4) is 0 Å². The van der Waals surface area contributed by atoms with E-state index in [0.717, 1.165) is 17.5 Å². The van der Waals surface area contributed by atoms with E-state index in [4.69, 9.17) is 0 Å². The SMILES string of the molecule is C=CS(=O)(=O)NCC1CCN(S(=O)(=O)c2ccc(N(CC(=O)N(C)C)Cc3ccc(C(F)(F)F)cc3)cc2)C1. The van der Waals surface area contributed by atoms with Crippen LogP contribution in [0.4, 0.5) is 18.9 Å². The zero-order valence-corrected chi connectivity index (χ0v) is 23.2. The van der Waals surface area contributed by atoms with E-state index in [1.807, 2.05) is 0 Å². The van der Waals surface area contributed by atoms with Gasteiger partial charge >= 0.3 is 6.18 Å². The molecule has 2 aromatic carbocycles. The molecule has 39 heavy (non-hydrogen) atoms. The van der Waals surface area contributed by atoms with Crippen LogP contribution < -0.4 is 9.62 Å². The van der Waals surface area contributed by atoms with Crippen LogP contribution in [0.15, 0.2) is 65.4 Å². The Morgan fingerprint density at radius 3 is 2.23 bits per heavy atom. The van der Waals surface area contributed by atoms with Gasteiger partial charge < -0.3 is 9.80 Å². The van der Waals surface area contributed by atoms with E-state index in [9.17, 15) is 34.8 Å². The fourth-order valence-electron chi connectivity index (χ4n) is 4.02. The Balaban J connectivity index is 1.76. The van der Waals surface area contributed by atoms with Crippen molar-refractivity contribution in [2.24, 2.45) is 5.92 Å². The van der Waals surface area contributed by atoms with Crippen molar-refractivity contribution in [2.45, 2.75) is 24.0 Å². The quantitative estimate of drug-likeness (QED) is 0.433. The summed E-state index contributed by atoms with van der Waals surface area (Å²) in [5.74, 6) is -0.432.